The summed E-state index contributed by atoms with van der Waals surface area (Å²) in [6, 6.07) is 14.1. The van der Waals surface area contributed by atoms with Gasteiger partial charge in [-0.1, -0.05) is 30.3 Å². The first-order valence-electron chi connectivity index (χ1n) is 7.09. The lowest BCUT2D eigenvalue weighted by molar-refractivity contribution is -0.110. The molecule has 0 saturated carbocycles. The molecule has 0 aliphatic rings. The monoisotopic (exact) mass is 297 g/mol. The van der Waals surface area contributed by atoms with Gasteiger partial charge in [-0.05, 0) is 25.1 Å². The summed E-state index contributed by atoms with van der Waals surface area (Å²) in [5.74, 6) is 0.457. The Morgan fingerprint density at radius 1 is 1.23 bits per heavy atom. The second-order valence-corrected chi connectivity index (χ2v) is 5.14. The Kier molecular flexibility index (Phi) is 3.87. The molecule has 0 fully saturated rings. The first-order valence-corrected chi connectivity index (χ1v) is 7.09. The predicted octanol–water partition coefficient (Wildman–Crippen LogP) is 3.03. The molecule has 3 rings (SSSR count). The highest BCUT2D eigenvalue weighted by Gasteiger charge is 2.17. The quantitative estimate of drug-likeness (QED) is 0.736. The molecule has 0 spiro atoms. The number of halogens is 1. The Bertz CT molecular complexity index is 813. The first-order chi connectivity index (χ1) is 10.7. The van der Waals surface area contributed by atoms with Crippen molar-refractivity contribution in [3.8, 4) is 0 Å². The van der Waals surface area contributed by atoms with Crippen molar-refractivity contribution < 1.29 is 9.18 Å². The normalized spacial score (nSPS) is 12.3. The van der Waals surface area contributed by atoms with Crippen LogP contribution in [0.4, 0.5) is 4.39 Å². The molecule has 0 unspecified atom stereocenters. The van der Waals surface area contributed by atoms with Gasteiger partial charge in [0.15, 0.2) is 0 Å². The maximum absolute atomic E-state index is 14.0. The molecule has 1 heterocycles. The molecule has 1 amide bonds. The van der Waals surface area contributed by atoms with E-state index >= 15 is 0 Å². The molecule has 5 heteroatoms. The number of carbonyl (C=O) groups excluding carboxylic acids is 1. The Morgan fingerprint density at radius 2 is 1.95 bits per heavy atom. The molecule has 0 saturated heterocycles. The van der Waals surface area contributed by atoms with E-state index in [0.29, 0.717) is 24.3 Å². The van der Waals surface area contributed by atoms with Crippen molar-refractivity contribution in [1.82, 2.24) is 14.9 Å². The molecule has 112 valence electrons. The number of carbonyl (C=O) groups is 1. The molecule has 0 aliphatic heterocycles. The van der Waals surface area contributed by atoms with Gasteiger partial charge in [0.1, 0.15) is 11.6 Å². The lowest BCUT2D eigenvalue weighted by Gasteiger charge is -2.14. The van der Waals surface area contributed by atoms with E-state index < -0.39 is 0 Å². The van der Waals surface area contributed by atoms with Crippen LogP contribution in [0.25, 0.3) is 11.0 Å². The summed E-state index contributed by atoms with van der Waals surface area (Å²) in [4.78, 5) is 15.3. The van der Waals surface area contributed by atoms with Crippen LogP contribution in [0.15, 0.2) is 48.5 Å². The molecular formula is C17H16FN3O. The number of fused-ring (bicyclic) bond motifs is 1. The molecule has 0 aliphatic carbocycles. The fourth-order valence-corrected chi connectivity index (χ4v) is 2.56. The van der Waals surface area contributed by atoms with Crippen LogP contribution < -0.4 is 5.32 Å². The number of imidazole rings is 1. The Labute approximate surface area is 127 Å². The average Bonchev–Trinajstić information content (AvgIpc) is 2.89. The van der Waals surface area contributed by atoms with Crippen molar-refractivity contribution in [2.45, 2.75) is 19.5 Å². The fourth-order valence-electron chi connectivity index (χ4n) is 2.56. The van der Waals surface area contributed by atoms with Gasteiger partial charge in [0, 0.05) is 5.56 Å². The Morgan fingerprint density at radius 3 is 2.73 bits per heavy atom. The SMILES string of the molecule is C[C@H](NC=O)c1nc2ccccc2n1Cc1ccccc1F. The third-order valence-electron chi connectivity index (χ3n) is 3.68. The van der Waals surface area contributed by atoms with E-state index in [9.17, 15) is 9.18 Å². The second kappa shape index (κ2) is 5.97. The molecule has 1 atom stereocenters. The summed E-state index contributed by atoms with van der Waals surface area (Å²) in [7, 11) is 0. The van der Waals surface area contributed by atoms with E-state index in [4.69, 9.17) is 0 Å². The number of benzene rings is 2. The Balaban J connectivity index is 2.11. The van der Waals surface area contributed by atoms with Crippen LogP contribution in [0.2, 0.25) is 0 Å². The third-order valence-corrected chi connectivity index (χ3v) is 3.68. The second-order valence-electron chi connectivity index (χ2n) is 5.14. The van der Waals surface area contributed by atoms with Crippen LogP contribution >= 0.6 is 0 Å². The predicted molar refractivity (Wildman–Crippen MR) is 82.8 cm³/mol. The van der Waals surface area contributed by atoms with E-state index in [0.717, 1.165) is 11.0 Å². The highest BCUT2D eigenvalue weighted by Crippen LogP contribution is 2.22. The number of hydrogen-bond donors (Lipinski definition) is 1. The number of amides is 1. The minimum atomic E-state index is -0.253. The number of nitrogens with zero attached hydrogens (tertiary/aromatic N) is 2. The smallest absolute Gasteiger partial charge is 0.207 e. The molecule has 1 aromatic heterocycles. The number of nitrogens with one attached hydrogen (secondary N) is 1. The highest BCUT2D eigenvalue weighted by atomic mass is 19.1. The lowest BCUT2D eigenvalue weighted by Crippen LogP contribution is -2.21. The molecule has 0 radical (unpaired) electrons. The van der Waals surface area contributed by atoms with E-state index in [2.05, 4.69) is 10.3 Å². The summed E-state index contributed by atoms with van der Waals surface area (Å²) >= 11 is 0. The fraction of sp³-hybridized carbons (Fsp3) is 0.176. The van der Waals surface area contributed by atoms with Crippen LogP contribution in [0.5, 0.6) is 0 Å². The van der Waals surface area contributed by atoms with Crippen molar-refractivity contribution >= 4 is 17.4 Å². The zero-order valence-electron chi connectivity index (χ0n) is 12.2. The topological polar surface area (TPSA) is 46.9 Å². The lowest BCUT2D eigenvalue weighted by atomic mass is 10.2. The number of rotatable bonds is 5. The van der Waals surface area contributed by atoms with Gasteiger partial charge in [0.2, 0.25) is 6.41 Å². The number of para-hydroxylation sites is 2. The molecule has 0 bridgehead atoms. The van der Waals surface area contributed by atoms with E-state index in [1.165, 1.54) is 6.07 Å². The van der Waals surface area contributed by atoms with Crippen LogP contribution in [0, 0.1) is 5.82 Å². The van der Waals surface area contributed by atoms with Gasteiger partial charge in [-0.3, -0.25) is 4.79 Å². The zero-order chi connectivity index (χ0) is 15.5. The maximum Gasteiger partial charge on any atom is 0.207 e. The minimum Gasteiger partial charge on any atom is -0.349 e. The molecule has 3 aromatic rings. The maximum atomic E-state index is 14.0. The molecular weight excluding hydrogens is 281 g/mol. The van der Waals surface area contributed by atoms with Crippen molar-refractivity contribution in [3.63, 3.8) is 0 Å². The van der Waals surface area contributed by atoms with Gasteiger partial charge in [-0.2, -0.15) is 0 Å². The molecule has 2 aromatic carbocycles. The largest absolute Gasteiger partial charge is 0.349 e. The average molecular weight is 297 g/mol. The van der Waals surface area contributed by atoms with Gasteiger partial charge in [-0.25, -0.2) is 9.37 Å². The molecule has 1 N–H and O–H groups in total. The van der Waals surface area contributed by atoms with E-state index in [-0.39, 0.29) is 11.9 Å². The third kappa shape index (κ3) is 2.57. The van der Waals surface area contributed by atoms with E-state index in [1.54, 1.807) is 12.1 Å². The van der Waals surface area contributed by atoms with Crippen LogP contribution in [0.3, 0.4) is 0 Å². The summed E-state index contributed by atoms with van der Waals surface area (Å²) < 4.78 is 15.9. The van der Waals surface area contributed by atoms with Crippen molar-refractivity contribution in [1.29, 1.82) is 0 Å². The molecule has 4 nitrogen and oxygen atoms in total. The summed E-state index contributed by atoms with van der Waals surface area (Å²) in [5.41, 5.74) is 2.33. The van der Waals surface area contributed by atoms with Crippen LogP contribution in [0.1, 0.15) is 24.4 Å². The Hall–Kier alpha value is -2.69. The standard InChI is InChI=1S/C17H16FN3O/c1-12(19-11-22)17-20-15-8-4-5-9-16(15)21(17)10-13-6-2-3-7-14(13)18/h2-9,11-12H,10H2,1H3,(H,19,22)/t12-/m0/s1. The number of hydrogen-bond acceptors (Lipinski definition) is 2. The van der Waals surface area contributed by atoms with Gasteiger partial charge in [-0.15, -0.1) is 0 Å². The van der Waals surface area contributed by atoms with E-state index in [1.807, 2.05) is 41.8 Å². The summed E-state index contributed by atoms with van der Waals surface area (Å²) in [5, 5.41) is 2.71. The molecule has 22 heavy (non-hydrogen) atoms. The number of aromatic nitrogens is 2. The van der Waals surface area contributed by atoms with Crippen LogP contribution in [-0.2, 0) is 11.3 Å². The summed E-state index contributed by atoms with van der Waals surface area (Å²) in [6.07, 6.45) is 0.650. The summed E-state index contributed by atoms with van der Waals surface area (Å²) in [6.45, 7) is 2.22. The minimum absolute atomic E-state index is 0.248. The van der Waals surface area contributed by atoms with Gasteiger partial charge in [0.25, 0.3) is 0 Å². The highest BCUT2D eigenvalue weighted by molar-refractivity contribution is 5.76. The van der Waals surface area contributed by atoms with Crippen molar-refractivity contribution in [2.24, 2.45) is 0 Å². The van der Waals surface area contributed by atoms with Gasteiger partial charge >= 0.3 is 0 Å². The van der Waals surface area contributed by atoms with Crippen LogP contribution in [-0.4, -0.2) is 16.0 Å². The zero-order valence-corrected chi connectivity index (χ0v) is 12.2. The first kappa shape index (κ1) is 14.3. The van der Waals surface area contributed by atoms with Gasteiger partial charge in [0.05, 0.1) is 23.6 Å². The van der Waals surface area contributed by atoms with Gasteiger partial charge < -0.3 is 9.88 Å². The van der Waals surface area contributed by atoms with Crippen molar-refractivity contribution in [2.75, 3.05) is 0 Å². The van der Waals surface area contributed by atoms with Crippen molar-refractivity contribution in [3.05, 3.63) is 65.7 Å².